The van der Waals surface area contributed by atoms with Gasteiger partial charge in [0.25, 0.3) is 0 Å². The van der Waals surface area contributed by atoms with Gasteiger partial charge in [-0.25, -0.2) is 0 Å². The highest BCUT2D eigenvalue weighted by Gasteiger charge is 2.28. The van der Waals surface area contributed by atoms with Gasteiger partial charge in [0.15, 0.2) is 0 Å². The monoisotopic (exact) mass is 632 g/mol. The van der Waals surface area contributed by atoms with E-state index in [-0.39, 0.29) is 17.9 Å². The molecule has 0 radical (unpaired) electrons. The first-order valence-electron chi connectivity index (χ1n) is 16.5. The predicted octanol–water partition coefficient (Wildman–Crippen LogP) is 5.89. The highest BCUT2D eigenvalue weighted by Crippen LogP contribution is 2.34. The number of carbonyl (C=O) groups excluding carboxylic acids is 1. The molecule has 3 aromatic carbocycles. The molecule has 0 bridgehead atoms. The second-order valence-corrected chi connectivity index (χ2v) is 11.7. The minimum Gasteiger partial charge on any atom is -0.496 e. The number of amides is 1. The number of rotatable bonds is 18. The van der Waals surface area contributed by atoms with Crippen LogP contribution in [0.4, 0.5) is 5.69 Å². The van der Waals surface area contributed by atoms with E-state index in [0.717, 1.165) is 79.4 Å². The minimum absolute atomic E-state index is 0.0341. The van der Waals surface area contributed by atoms with Gasteiger partial charge >= 0.3 is 0 Å². The molecule has 2 heterocycles. The smallest absolute Gasteiger partial charge is 0.227 e. The third-order valence-electron chi connectivity index (χ3n) is 8.49. The van der Waals surface area contributed by atoms with Gasteiger partial charge in [0.1, 0.15) is 17.2 Å². The molecule has 2 atom stereocenters. The lowest BCUT2D eigenvalue weighted by Crippen LogP contribution is -2.40. The maximum Gasteiger partial charge on any atom is 0.227 e. The van der Waals surface area contributed by atoms with E-state index in [9.17, 15) is 4.79 Å². The standard InChI is InChI=1S/C37H48N2O7/c1-41-20-6-23-45-35-24-28(11-16-33(35)39-19-5-10-37(39)40)26-46-36-25-38-18-17-32(36)29-12-14-31(15-13-29)44-22-7-21-43-27-30-8-3-4-9-34(30)42-2/h3-4,8-9,11-16,24,32,36,38H,5-7,10,17-23,25-27H2,1-2H3. The highest BCUT2D eigenvalue weighted by atomic mass is 16.5. The first kappa shape index (κ1) is 33.7. The van der Waals surface area contributed by atoms with Crippen molar-refractivity contribution in [2.45, 2.75) is 57.3 Å². The van der Waals surface area contributed by atoms with E-state index in [1.807, 2.05) is 47.4 Å². The maximum absolute atomic E-state index is 12.5. The Kier molecular flexibility index (Phi) is 13.1. The van der Waals surface area contributed by atoms with Crippen molar-refractivity contribution in [2.75, 3.05) is 65.2 Å². The molecule has 3 aromatic rings. The first-order valence-corrected chi connectivity index (χ1v) is 16.5. The average Bonchev–Trinajstić information content (AvgIpc) is 3.53. The summed E-state index contributed by atoms with van der Waals surface area (Å²) in [6.45, 7) is 5.82. The van der Waals surface area contributed by atoms with Crippen molar-refractivity contribution in [3.63, 3.8) is 0 Å². The summed E-state index contributed by atoms with van der Waals surface area (Å²) in [4.78, 5) is 14.3. The summed E-state index contributed by atoms with van der Waals surface area (Å²) < 4.78 is 35.0. The molecule has 2 aliphatic heterocycles. The van der Waals surface area contributed by atoms with Gasteiger partial charge in [0.05, 0.1) is 51.9 Å². The molecule has 0 aromatic heterocycles. The van der Waals surface area contributed by atoms with Crippen LogP contribution in [0, 0.1) is 0 Å². The van der Waals surface area contributed by atoms with Gasteiger partial charge in [0, 0.05) is 57.6 Å². The van der Waals surface area contributed by atoms with E-state index in [1.54, 1.807) is 14.2 Å². The Morgan fingerprint density at radius 2 is 1.70 bits per heavy atom. The molecule has 2 unspecified atom stereocenters. The number of nitrogens with one attached hydrogen (secondary N) is 1. The largest absolute Gasteiger partial charge is 0.496 e. The van der Waals surface area contributed by atoms with Crippen molar-refractivity contribution in [3.05, 3.63) is 83.4 Å². The van der Waals surface area contributed by atoms with Gasteiger partial charge < -0.3 is 38.6 Å². The summed E-state index contributed by atoms with van der Waals surface area (Å²) in [7, 11) is 3.36. The van der Waals surface area contributed by atoms with E-state index >= 15 is 0 Å². The molecule has 2 fully saturated rings. The lowest BCUT2D eigenvalue weighted by Gasteiger charge is -2.32. The maximum atomic E-state index is 12.5. The van der Waals surface area contributed by atoms with Gasteiger partial charge in [-0.15, -0.1) is 0 Å². The Balaban J connectivity index is 1.11. The summed E-state index contributed by atoms with van der Waals surface area (Å²) >= 11 is 0. The quantitative estimate of drug-likeness (QED) is 0.174. The second-order valence-electron chi connectivity index (χ2n) is 11.7. The lowest BCUT2D eigenvalue weighted by atomic mass is 9.87. The molecule has 248 valence electrons. The second kappa shape index (κ2) is 17.9. The molecule has 1 N–H and O–H groups in total. The van der Waals surface area contributed by atoms with Crippen molar-refractivity contribution in [2.24, 2.45) is 0 Å². The van der Waals surface area contributed by atoms with Crippen LogP contribution >= 0.6 is 0 Å². The van der Waals surface area contributed by atoms with Crippen LogP contribution in [0.15, 0.2) is 66.7 Å². The molecule has 46 heavy (non-hydrogen) atoms. The van der Waals surface area contributed by atoms with E-state index < -0.39 is 0 Å². The van der Waals surface area contributed by atoms with Gasteiger partial charge in [-0.1, -0.05) is 36.4 Å². The first-order chi connectivity index (χ1) is 22.7. The van der Waals surface area contributed by atoms with E-state index in [1.165, 1.54) is 5.56 Å². The molecule has 0 aliphatic carbocycles. The van der Waals surface area contributed by atoms with E-state index in [4.69, 9.17) is 28.4 Å². The summed E-state index contributed by atoms with van der Waals surface area (Å²) in [5.41, 5.74) is 4.16. The molecule has 9 heteroatoms. The molecular weight excluding hydrogens is 584 g/mol. The van der Waals surface area contributed by atoms with Crippen LogP contribution < -0.4 is 24.4 Å². The van der Waals surface area contributed by atoms with Crippen LogP contribution in [0.3, 0.4) is 0 Å². The number of hydrogen-bond donors (Lipinski definition) is 1. The van der Waals surface area contributed by atoms with Gasteiger partial charge in [-0.05, 0) is 60.8 Å². The number of hydrogen-bond acceptors (Lipinski definition) is 8. The number of methoxy groups -OCH3 is 2. The zero-order valence-electron chi connectivity index (χ0n) is 27.2. The summed E-state index contributed by atoms with van der Waals surface area (Å²) in [6.07, 6.45) is 4.07. The van der Waals surface area contributed by atoms with Crippen LogP contribution in [0.25, 0.3) is 0 Å². The van der Waals surface area contributed by atoms with Crippen LogP contribution in [0.2, 0.25) is 0 Å². The Bertz CT molecular complexity index is 1370. The number of nitrogens with zero attached hydrogens (tertiary/aromatic N) is 1. The fourth-order valence-electron chi connectivity index (χ4n) is 6.03. The Labute approximate surface area is 273 Å². The van der Waals surface area contributed by atoms with Gasteiger partial charge in [0.2, 0.25) is 5.91 Å². The summed E-state index contributed by atoms with van der Waals surface area (Å²) in [6, 6.07) is 22.4. The Hall–Kier alpha value is -3.63. The predicted molar refractivity (Wildman–Crippen MR) is 178 cm³/mol. The van der Waals surface area contributed by atoms with Crippen molar-refractivity contribution in [1.82, 2.24) is 5.32 Å². The minimum atomic E-state index is 0.0341. The number of para-hydroxylation sites is 1. The lowest BCUT2D eigenvalue weighted by molar-refractivity contribution is -0.117. The SMILES string of the molecule is COCCCOc1cc(COC2CNCCC2c2ccc(OCCCOCc3ccccc3OC)cc2)ccc1N1CCCC1=O. The number of carbonyl (C=O) groups is 1. The topological polar surface area (TPSA) is 87.7 Å². The van der Waals surface area contributed by atoms with Crippen molar-refractivity contribution >= 4 is 11.6 Å². The normalized spacial score (nSPS) is 18.1. The number of benzene rings is 3. The third kappa shape index (κ3) is 9.45. The molecule has 2 saturated heterocycles. The molecule has 5 rings (SSSR count). The third-order valence-corrected chi connectivity index (χ3v) is 8.49. The molecule has 1 amide bonds. The molecule has 2 aliphatic rings. The highest BCUT2D eigenvalue weighted by molar-refractivity contribution is 5.96. The van der Waals surface area contributed by atoms with Crippen LogP contribution in [-0.2, 0) is 32.2 Å². The zero-order chi connectivity index (χ0) is 32.0. The molecule has 0 spiro atoms. The van der Waals surface area contributed by atoms with E-state index in [2.05, 4.69) is 29.6 Å². The van der Waals surface area contributed by atoms with Crippen molar-refractivity contribution < 1.29 is 33.2 Å². The average molecular weight is 633 g/mol. The molecule has 9 nitrogen and oxygen atoms in total. The Morgan fingerprint density at radius 3 is 2.50 bits per heavy atom. The Morgan fingerprint density at radius 1 is 0.870 bits per heavy atom. The fraction of sp³-hybridized carbons (Fsp3) is 0.486. The number of anilines is 1. The van der Waals surface area contributed by atoms with Crippen molar-refractivity contribution in [3.8, 4) is 17.2 Å². The van der Waals surface area contributed by atoms with Gasteiger partial charge in [-0.3, -0.25) is 4.79 Å². The fourth-order valence-corrected chi connectivity index (χ4v) is 6.03. The zero-order valence-corrected chi connectivity index (χ0v) is 27.2. The molecular formula is C37H48N2O7. The van der Waals surface area contributed by atoms with Crippen molar-refractivity contribution in [1.29, 1.82) is 0 Å². The number of piperidine rings is 1. The van der Waals surface area contributed by atoms with Crippen LogP contribution in [0.5, 0.6) is 17.2 Å². The molecule has 0 saturated carbocycles. The van der Waals surface area contributed by atoms with Crippen LogP contribution in [-0.4, -0.2) is 72.3 Å². The van der Waals surface area contributed by atoms with Crippen LogP contribution in [0.1, 0.15) is 54.7 Å². The summed E-state index contributed by atoms with van der Waals surface area (Å²) in [5.74, 6) is 2.86. The van der Waals surface area contributed by atoms with E-state index in [0.29, 0.717) is 46.1 Å². The summed E-state index contributed by atoms with van der Waals surface area (Å²) in [5, 5.41) is 3.50. The van der Waals surface area contributed by atoms with Gasteiger partial charge in [-0.2, -0.15) is 0 Å². The number of ether oxygens (including phenoxy) is 6.